The standard InChI is InChI=1S/C30H27N3O3S/c1-30(2,3)33-37(35,36)27-13-5-4-10-24(27)21-14-16-22(17-15-21)25-11-7-12-26(29(32)34)28(25)23-9-6-8-20(18-23)19-31/h4-18,33H,1-3H3,(H2,32,34). The lowest BCUT2D eigenvalue weighted by Crippen LogP contribution is -2.40. The zero-order valence-corrected chi connectivity index (χ0v) is 21.6. The molecule has 0 aliphatic heterocycles. The van der Waals surface area contributed by atoms with E-state index >= 15 is 0 Å². The van der Waals surface area contributed by atoms with Gasteiger partial charge >= 0.3 is 0 Å². The number of hydrogen-bond acceptors (Lipinski definition) is 4. The molecular weight excluding hydrogens is 482 g/mol. The summed E-state index contributed by atoms with van der Waals surface area (Å²) in [5, 5.41) is 9.37. The maximum absolute atomic E-state index is 13.1. The predicted octanol–water partition coefficient (Wildman–Crippen LogP) is 5.73. The lowest BCUT2D eigenvalue weighted by atomic mass is 9.89. The van der Waals surface area contributed by atoms with Gasteiger partial charge in [-0.05, 0) is 67.3 Å². The van der Waals surface area contributed by atoms with Crippen LogP contribution < -0.4 is 10.5 Å². The third kappa shape index (κ3) is 5.61. The molecule has 0 heterocycles. The summed E-state index contributed by atoms with van der Waals surface area (Å²) in [6.45, 7) is 5.39. The molecule has 4 aromatic carbocycles. The molecule has 0 fully saturated rings. The molecule has 0 unspecified atom stereocenters. The van der Waals surface area contributed by atoms with E-state index in [2.05, 4.69) is 10.8 Å². The minimum absolute atomic E-state index is 0.197. The van der Waals surface area contributed by atoms with Crippen molar-refractivity contribution in [3.8, 4) is 39.4 Å². The average Bonchev–Trinajstić information content (AvgIpc) is 2.87. The van der Waals surface area contributed by atoms with Crippen molar-refractivity contribution in [2.24, 2.45) is 5.73 Å². The second kappa shape index (κ2) is 10.0. The fraction of sp³-hybridized carbons (Fsp3) is 0.133. The second-order valence-corrected chi connectivity index (χ2v) is 11.4. The van der Waals surface area contributed by atoms with Crippen LogP contribution in [-0.2, 0) is 10.0 Å². The third-order valence-electron chi connectivity index (χ3n) is 5.73. The highest BCUT2D eigenvalue weighted by Crippen LogP contribution is 2.37. The van der Waals surface area contributed by atoms with Gasteiger partial charge < -0.3 is 5.73 Å². The summed E-state index contributed by atoms with van der Waals surface area (Å²) in [7, 11) is -3.75. The Hall–Kier alpha value is -4.25. The lowest BCUT2D eigenvalue weighted by molar-refractivity contribution is 0.100. The van der Waals surface area contributed by atoms with Crippen LogP contribution in [0.1, 0.15) is 36.7 Å². The Bertz CT molecular complexity index is 1630. The van der Waals surface area contributed by atoms with E-state index in [9.17, 15) is 18.5 Å². The van der Waals surface area contributed by atoms with E-state index in [1.807, 2.05) is 36.4 Å². The van der Waals surface area contributed by atoms with Gasteiger partial charge in [0.15, 0.2) is 0 Å². The molecule has 0 radical (unpaired) electrons. The Morgan fingerprint density at radius 3 is 2.03 bits per heavy atom. The lowest BCUT2D eigenvalue weighted by Gasteiger charge is -2.21. The van der Waals surface area contributed by atoms with Gasteiger partial charge in [0, 0.05) is 22.2 Å². The molecule has 0 saturated carbocycles. The number of hydrogen-bond donors (Lipinski definition) is 2. The van der Waals surface area contributed by atoms with Crippen LogP contribution >= 0.6 is 0 Å². The molecule has 4 aromatic rings. The minimum atomic E-state index is -3.75. The van der Waals surface area contributed by atoms with Gasteiger partial charge in [-0.2, -0.15) is 5.26 Å². The maximum atomic E-state index is 13.1. The zero-order valence-electron chi connectivity index (χ0n) is 20.8. The van der Waals surface area contributed by atoms with Crippen LogP contribution in [0.25, 0.3) is 33.4 Å². The molecule has 1 amide bonds. The topological polar surface area (TPSA) is 113 Å². The van der Waals surface area contributed by atoms with E-state index in [1.165, 1.54) is 0 Å². The molecule has 0 aliphatic carbocycles. The highest BCUT2D eigenvalue weighted by atomic mass is 32.2. The Morgan fingerprint density at radius 2 is 1.41 bits per heavy atom. The number of nitrogens with two attached hydrogens (primary N) is 1. The van der Waals surface area contributed by atoms with Crippen molar-refractivity contribution in [1.82, 2.24) is 4.72 Å². The fourth-order valence-electron chi connectivity index (χ4n) is 4.28. The molecule has 3 N–H and O–H groups in total. The number of nitriles is 1. The number of benzene rings is 4. The fourth-order valence-corrected chi connectivity index (χ4v) is 5.93. The van der Waals surface area contributed by atoms with Gasteiger partial charge in [0.2, 0.25) is 15.9 Å². The average molecular weight is 510 g/mol. The second-order valence-electron chi connectivity index (χ2n) is 9.71. The van der Waals surface area contributed by atoms with E-state index < -0.39 is 21.5 Å². The monoisotopic (exact) mass is 509 g/mol. The summed E-state index contributed by atoms with van der Waals surface area (Å²) < 4.78 is 28.9. The number of primary amides is 1. The smallest absolute Gasteiger partial charge is 0.249 e. The SMILES string of the molecule is CC(C)(C)NS(=O)(=O)c1ccccc1-c1ccc(-c2cccc(C(N)=O)c2-c2cccc(C#N)c2)cc1. The zero-order chi connectivity index (χ0) is 26.8. The minimum Gasteiger partial charge on any atom is -0.366 e. The van der Waals surface area contributed by atoms with Gasteiger partial charge in [-0.25, -0.2) is 13.1 Å². The van der Waals surface area contributed by atoms with Crippen molar-refractivity contribution >= 4 is 15.9 Å². The van der Waals surface area contributed by atoms with Gasteiger partial charge in [0.25, 0.3) is 0 Å². The number of carbonyl (C=O) groups is 1. The number of sulfonamides is 1. The Labute approximate surface area is 217 Å². The first kappa shape index (κ1) is 25.8. The normalized spacial score (nSPS) is 11.6. The van der Waals surface area contributed by atoms with Crippen molar-refractivity contribution in [2.75, 3.05) is 0 Å². The van der Waals surface area contributed by atoms with Crippen molar-refractivity contribution in [3.63, 3.8) is 0 Å². The number of nitrogens with one attached hydrogen (secondary N) is 1. The third-order valence-corrected chi connectivity index (χ3v) is 7.55. The van der Waals surface area contributed by atoms with Crippen LogP contribution in [0.15, 0.2) is 95.9 Å². The highest BCUT2D eigenvalue weighted by molar-refractivity contribution is 7.89. The first-order valence-corrected chi connectivity index (χ1v) is 13.2. The maximum Gasteiger partial charge on any atom is 0.249 e. The van der Waals surface area contributed by atoms with Crippen LogP contribution in [0.2, 0.25) is 0 Å². The summed E-state index contributed by atoms with van der Waals surface area (Å²) in [4.78, 5) is 12.5. The molecular formula is C30H27N3O3S. The van der Waals surface area contributed by atoms with E-state index in [-0.39, 0.29) is 4.90 Å². The molecule has 0 spiro atoms. The Balaban J connectivity index is 1.83. The van der Waals surface area contributed by atoms with Crippen molar-refractivity contribution in [3.05, 3.63) is 102 Å². The molecule has 37 heavy (non-hydrogen) atoms. The van der Waals surface area contributed by atoms with E-state index in [1.54, 1.807) is 75.4 Å². The number of amides is 1. The largest absolute Gasteiger partial charge is 0.366 e. The molecule has 6 nitrogen and oxygen atoms in total. The molecule has 4 rings (SSSR count). The van der Waals surface area contributed by atoms with Crippen molar-refractivity contribution < 1.29 is 13.2 Å². The molecule has 186 valence electrons. The highest BCUT2D eigenvalue weighted by Gasteiger charge is 2.25. The summed E-state index contributed by atoms with van der Waals surface area (Å²) >= 11 is 0. The summed E-state index contributed by atoms with van der Waals surface area (Å²) in [6.07, 6.45) is 0. The first-order valence-electron chi connectivity index (χ1n) is 11.7. The molecule has 0 aliphatic rings. The van der Waals surface area contributed by atoms with Crippen LogP contribution in [-0.4, -0.2) is 19.9 Å². The van der Waals surface area contributed by atoms with Crippen LogP contribution in [0.5, 0.6) is 0 Å². The van der Waals surface area contributed by atoms with Crippen LogP contribution in [0.3, 0.4) is 0 Å². The van der Waals surface area contributed by atoms with Gasteiger partial charge in [-0.3, -0.25) is 4.79 Å². The van der Waals surface area contributed by atoms with Crippen molar-refractivity contribution in [1.29, 1.82) is 5.26 Å². The Kier molecular flexibility index (Phi) is 6.99. The summed E-state index contributed by atoms with van der Waals surface area (Å²) in [6, 6.07) is 28.8. The number of rotatable bonds is 6. The molecule has 0 atom stereocenters. The predicted molar refractivity (Wildman–Crippen MR) is 146 cm³/mol. The first-order chi connectivity index (χ1) is 17.5. The summed E-state index contributed by atoms with van der Waals surface area (Å²) in [5.41, 5.74) is 10.1. The van der Waals surface area contributed by atoms with Gasteiger partial charge in [-0.1, -0.05) is 66.7 Å². The van der Waals surface area contributed by atoms with Crippen molar-refractivity contribution in [2.45, 2.75) is 31.2 Å². The van der Waals surface area contributed by atoms with Gasteiger partial charge in [0.05, 0.1) is 16.5 Å². The molecule has 0 saturated heterocycles. The van der Waals surface area contributed by atoms with E-state index in [0.717, 1.165) is 16.7 Å². The molecule has 0 bridgehead atoms. The quantitative estimate of drug-likeness (QED) is 0.345. The van der Waals surface area contributed by atoms with Crippen LogP contribution in [0.4, 0.5) is 0 Å². The van der Waals surface area contributed by atoms with E-state index in [4.69, 9.17) is 5.73 Å². The van der Waals surface area contributed by atoms with Gasteiger partial charge in [-0.15, -0.1) is 0 Å². The van der Waals surface area contributed by atoms with E-state index in [0.29, 0.717) is 27.8 Å². The number of carbonyl (C=O) groups excluding carboxylic acids is 1. The number of nitrogens with zero attached hydrogens (tertiary/aromatic N) is 1. The Morgan fingerprint density at radius 1 is 0.811 bits per heavy atom. The van der Waals surface area contributed by atoms with Gasteiger partial charge in [0.1, 0.15) is 0 Å². The van der Waals surface area contributed by atoms with Crippen LogP contribution in [0, 0.1) is 11.3 Å². The molecule has 7 heteroatoms. The summed E-state index contributed by atoms with van der Waals surface area (Å²) in [5.74, 6) is -0.568. The molecule has 0 aromatic heterocycles.